The fourth-order valence-electron chi connectivity index (χ4n) is 1.81. The number of carbonyl (C=O) groups is 2. The number of carbonyl (C=O) groups excluding carboxylic acids is 2. The minimum absolute atomic E-state index is 0.0147. The molecule has 0 saturated carbocycles. The highest BCUT2D eigenvalue weighted by Crippen LogP contribution is 2.28. The fraction of sp³-hybridized carbons (Fsp3) is 0.429. The lowest BCUT2D eigenvalue weighted by atomic mass is 10.0. The van der Waals surface area contributed by atoms with Gasteiger partial charge in [0.25, 0.3) is 11.8 Å². The highest BCUT2D eigenvalue weighted by molar-refractivity contribution is 5.99. The van der Waals surface area contributed by atoms with Gasteiger partial charge in [-0.15, -0.1) is 0 Å². The Balaban J connectivity index is 2.10. The molecular formula is C14H18N2O4. The summed E-state index contributed by atoms with van der Waals surface area (Å²) in [6.07, 6.45) is 0. The Kier molecular flexibility index (Phi) is 4.24. The zero-order valence-electron chi connectivity index (χ0n) is 11.5. The van der Waals surface area contributed by atoms with Crippen LogP contribution in [0.1, 0.15) is 24.2 Å². The zero-order valence-corrected chi connectivity index (χ0v) is 11.5. The van der Waals surface area contributed by atoms with Gasteiger partial charge in [0.1, 0.15) is 5.75 Å². The fourth-order valence-corrected chi connectivity index (χ4v) is 1.81. The molecule has 0 saturated heterocycles. The third-order valence-corrected chi connectivity index (χ3v) is 3.38. The van der Waals surface area contributed by atoms with Crippen LogP contribution in [0.3, 0.4) is 0 Å². The molecule has 108 valence electrons. The molecule has 1 heterocycles. The second-order valence-electron chi connectivity index (χ2n) is 4.97. The maximum Gasteiger partial charge on any atom is 0.262 e. The number of hydrogen-bond donors (Lipinski definition) is 3. The molecule has 0 bridgehead atoms. The normalized spacial score (nSPS) is 16.4. The molecular weight excluding hydrogens is 260 g/mol. The monoisotopic (exact) mass is 278 g/mol. The largest absolute Gasteiger partial charge is 0.482 e. The Hall–Kier alpha value is -2.08. The predicted molar refractivity (Wildman–Crippen MR) is 73.7 cm³/mol. The molecule has 6 nitrogen and oxygen atoms in total. The zero-order chi connectivity index (χ0) is 14.7. The number of fused-ring (bicyclic) bond motifs is 1. The van der Waals surface area contributed by atoms with Gasteiger partial charge in [-0.05, 0) is 31.0 Å². The average Bonchev–Trinajstić information content (AvgIpc) is 2.45. The first kappa shape index (κ1) is 14.3. The van der Waals surface area contributed by atoms with Crippen molar-refractivity contribution >= 4 is 17.5 Å². The quantitative estimate of drug-likeness (QED) is 0.759. The van der Waals surface area contributed by atoms with Crippen LogP contribution >= 0.6 is 0 Å². The molecule has 2 unspecified atom stereocenters. The molecule has 3 N–H and O–H groups in total. The van der Waals surface area contributed by atoms with Crippen LogP contribution < -0.4 is 15.4 Å². The van der Waals surface area contributed by atoms with Crippen LogP contribution in [0.2, 0.25) is 0 Å². The van der Waals surface area contributed by atoms with Crippen molar-refractivity contribution in [3.8, 4) is 5.75 Å². The summed E-state index contributed by atoms with van der Waals surface area (Å²) in [5.74, 6) is 0.0217. The molecule has 0 spiro atoms. The first-order chi connectivity index (χ1) is 9.51. The molecule has 2 rings (SSSR count). The second kappa shape index (κ2) is 5.92. The summed E-state index contributed by atoms with van der Waals surface area (Å²) in [6.45, 7) is 3.67. The van der Waals surface area contributed by atoms with E-state index in [9.17, 15) is 9.59 Å². The van der Waals surface area contributed by atoms with Gasteiger partial charge in [-0.2, -0.15) is 0 Å². The summed E-state index contributed by atoms with van der Waals surface area (Å²) in [5, 5.41) is 14.5. The van der Waals surface area contributed by atoms with E-state index in [0.717, 1.165) is 0 Å². The van der Waals surface area contributed by atoms with Crippen molar-refractivity contribution in [2.45, 2.75) is 19.9 Å². The van der Waals surface area contributed by atoms with Crippen LogP contribution in [0.5, 0.6) is 5.75 Å². The molecule has 1 aromatic carbocycles. The predicted octanol–water partition coefficient (Wildman–Crippen LogP) is 0.764. The molecule has 6 heteroatoms. The van der Waals surface area contributed by atoms with Crippen LogP contribution in [0.4, 0.5) is 5.69 Å². The van der Waals surface area contributed by atoms with Crippen LogP contribution in [-0.2, 0) is 4.79 Å². The number of anilines is 1. The van der Waals surface area contributed by atoms with Gasteiger partial charge in [-0.1, -0.05) is 6.92 Å². The van der Waals surface area contributed by atoms with Crippen molar-refractivity contribution in [1.29, 1.82) is 0 Å². The molecule has 0 aromatic heterocycles. The molecule has 1 aliphatic heterocycles. The standard InChI is InChI=1S/C14H18N2O4/c1-8(6-17)9(2)15-14(19)10-3-4-11-12(5-10)20-7-13(18)16-11/h3-5,8-9,17H,6-7H2,1-2H3,(H,15,19)(H,16,18). The Morgan fingerprint density at radius 2 is 2.25 bits per heavy atom. The summed E-state index contributed by atoms with van der Waals surface area (Å²) < 4.78 is 5.27. The van der Waals surface area contributed by atoms with Gasteiger partial charge in [0.2, 0.25) is 0 Å². The molecule has 20 heavy (non-hydrogen) atoms. The SMILES string of the molecule is CC(CO)C(C)NC(=O)c1ccc2c(c1)OCC(=O)N2. The van der Waals surface area contributed by atoms with E-state index in [0.29, 0.717) is 17.0 Å². The summed E-state index contributed by atoms with van der Waals surface area (Å²) in [5.41, 5.74) is 1.02. The Morgan fingerprint density at radius 3 is 2.95 bits per heavy atom. The van der Waals surface area contributed by atoms with E-state index in [1.807, 2.05) is 13.8 Å². The molecule has 0 radical (unpaired) electrons. The Bertz CT molecular complexity index is 530. The van der Waals surface area contributed by atoms with E-state index in [4.69, 9.17) is 9.84 Å². The minimum atomic E-state index is -0.235. The summed E-state index contributed by atoms with van der Waals surface area (Å²) in [6, 6.07) is 4.73. The van der Waals surface area contributed by atoms with E-state index >= 15 is 0 Å². The summed E-state index contributed by atoms with van der Waals surface area (Å²) in [4.78, 5) is 23.2. The maximum absolute atomic E-state index is 12.1. The van der Waals surface area contributed by atoms with E-state index in [1.165, 1.54) is 0 Å². The lowest BCUT2D eigenvalue weighted by Gasteiger charge is -2.21. The second-order valence-corrected chi connectivity index (χ2v) is 4.97. The van der Waals surface area contributed by atoms with Crippen LogP contribution in [0, 0.1) is 5.92 Å². The Labute approximate surface area is 117 Å². The highest BCUT2D eigenvalue weighted by atomic mass is 16.5. The van der Waals surface area contributed by atoms with Crippen molar-refractivity contribution in [3.63, 3.8) is 0 Å². The van der Waals surface area contributed by atoms with Crippen molar-refractivity contribution in [2.75, 3.05) is 18.5 Å². The number of rotatable bonds is 4. The third kappa shape index (κ3) is 3.08. The maximum atomic E-state index is 12.1. The van der Waals surface area contributed by atoms with Gasteiger partial charge < -0.3 is 20.5 Å². The van der Waals surface area contributed by atoms with Gasteiger partial charge in [0, 0.05) is 18.2 Å². The van der Waals surface area contributed by atoms with Crippen LogP contribution in [0.25, 0.3) is 0 Å². The van der Waals surface area contributed by atoms with Gasteiger partial charge in [-0.3, -0.25) is 9.59 Å². The van der Waals surface area contributed by atoms with E-state index in [-0.39, 0.29) is 37.0 Å². The molecule has 1 aromatic rings. The number of amides is 2. The molecule has 0 aliphatic carbocycles. The van der Waals surface area contributed by atoms with E-state index < -0.39 is 0 Å². The molecule has 2 amide bonds. The number of hydrogen-bond acceptors (Lipinski definition) is 4. The van der Waals surface area contributed by atoms with Crippen molar-refractivity contribution in [2.24, 2.45) is 5.92 Å². The molecule has 1 aliphatic rings. The summed E-state index contributed by atoms with van der Waals surface area (Å²) >= 11 is 0. The minimum Gasteiger partial charge on any atom is -0.482 e. The summed E-state index contributed by atoms with van der Waals surface area (Å²) in [7, 11) is 0. The van der Waals surface area contributed by atoms with Crippen LogP contribution in [-0.4, -0.2) is 36.2 Å². The molecule has 2 atom stereocenters. The topological polar surface area (TPSA) is 87.7 Å². The first-order valence-corrected chi connectivity index (χ1v) is 6.49. The van der Waals surface area contributed by atoms with Gasteiger partial charge in [-0.25, -0.2) is 0 Å². The first-order valence-electron chi connectivity index (χ1n) is 6.49. The van der Waals surface area contributed by atoms with Gasteiger partial charge in [0.05, 0.1) is 5.69 Å². The van der Waals surface area contributed by atoms with Gasteiger partial charge in [0.15, 0.2) is 6.61 Å². The van der Waals surface area contributed by atoms with Crippen LogP contribution in [0.15, 0.2) is 18.2 Å². The molecule has 0 fully saturated rings. The average molecular weight is 278 g/mol. The smallest absolute Gasteiger partial charge is 0.262 e. The number of nitrogens with one attached hydrogen (secondary N) is 2. The van der Waals surface area contributed by atoms with Crippen molar-refractivity contribution in [1.82, 2.24) is 5.32 Å². The lowest BCUT2D eigenvalue weighted by Crippen LogP contribution is -2.38. The lowest BCUT2D eigenvalue weighted by molar-refractivity contribution is -0.118. The number of aliphatic hydroxyl groups excluding tert-OH is 1. The van der Waals surface area contributed by atoms with Crippen molar-refractivity contribution < 1.29 is 19.4 Å². The highest BCUT2D eigenvalue weighted by Gasteiger charge is 2.19. The number of benzene rings is 1. The van der Waals surface area contributed by atoms with Gasteiger partial charge >= 0.3 is 0 Å². The van der Waals surface area contributed by atoms with E-state index in [2.05, 4.69) is 10.6 Å². The van der Waals surface area contributed by atoms with Crippen molar-refractivity contribution in [3.05, 3.63) is 23.8 Å². The number of ether oxygens (including phenoxy) is 1. The van der Waals surface area contributed by atoms with E-state index in [1.54, 1.807) is 18.2 Å². The third-order valence-electron chi connectivity index (χ3n) is 3.38. The number of aliphatic hydroxyl groups is 1. The Morgan fingerprint density at radius 1 is 1.50 bits per heavy atom.